The van der Waals surface area contributed by atoms with Gasteiger partial charge in [0.05, 0.1) is 13.2 Å². The van der Waals surface area contributed by atoms with Crippen LogP contribution in [-0.2, 0) is 16.1 Å². The number of aromatic nitrogens is 4. The Labute approximate surface area is 204 Å². The van der Waals surface area contributed by atoms with Gasteiger partial charge in [-0.3, -0.25) is 9.36 Å². The van der Waals surface area contributed by atoms with Crippen molar-refractivity contribution in [1.29, 1.82) is 0 Å². The number of carbonyl (C=O) groups excluding carboxylic acids is 2. The van der Waals surface area contributed by atoms with Gasteiger partial charge in [0, 0.05) is 12.4 Å². The molecule has 0 unspecified atom stereocenters. The highest BCUT2D eigenvalue weighted by Crippen LogP contribution is 2.15. The minimum atomic E-state index is -1.01. The van der Waals surface area contributed by atoms with Gasteiger partial charge < -0.3 is 9.84 Å². The zero-order valence-corrected chi connectivity index (χ0v) is 19.1. The Bertz CT molecular complexity index is 1480. The molecule has 0 spiro atoms. The van der Waals surface area contributed by atoms with Gasteiger partial charge in [0.15, 0.2) is 11.4 Å². The van der Waals surface area contributed by atoms with Crippen LogP contribution >= 0.6 is 0 Å². The molecule has 0 aliphatic rings. The summed E-state index contributed by atoms with van der Waals surface area (Å²) < 4.78 is 6.56. The fourth-order valence-corrected chi connectivity index (χ4v) is 3.09. The molecule has 0 saturated heterocycles. The van der Waals surface area contributed by atoms with E-state index in [2.05, 4.69) is 15.0 Å². The van der Waals surface area contributed by atoms with Crippen LogP contribution in [0.4, 0.5) is 5.82 Å². The van der Waals surface area contributed by atoms with Crippen LogP contribution in [-0.4, -0.2) is 42.9 Å². The number of benzene rings is 1. The molecule has 3 heterocycles. The van der Waals surface area contributed by atoms with Crippen molar-refractivity contribution in [2.24, 2.45) is 4.99 Å². The molecule has 0 radical (unpaired) electrons. The zero-order chi connectivity index (χ0) is 25.9. The zero-order valence-electron chi connectivity index (χ0n) is 19.1. The quantitative estimate of drug-likeness (QED) is 0.248. The molecule has 0 aliphatic heterocycles. The van der Waals surface area contributed by atoms with Crippen LogP contribution in [0, 0.1) is 0 Å². The van der Waals surface area contributed by atoms with Gasteiger partial charge in [-0.25, -0.2) is 28.9 Å². The van der Waals surface area contributed by atoms with Crippen LogP contribution in [0.1, 0.15) is 22.8 Å². The van der Waals surface area contributed by atoms with Crippen LogP contribution in [0.3, 0.4) is 0 Å². The molecule has 182 valence electrons. The molecular formula is C25H21N5O6. The average molecular weight is 487 g/mol. The first-order valence-electron chi connectivity index (χ1n) is 10.7. The third-order valence-corrected chi connectivity index (χ3v) is 4.67. The van der Waals surface area contributed by atoms with Gasteiger partial charge in [-0.2, -0.15) is 0 Å². The van der Waals surface area contributed by atoms with Gasteiger partial charge in [0.25, 0.3) is 5.56 Å². The van der Waals surface area contributed by atoms with Crippen LogP contribution in [0.5, 0.6) is 5.88 Å². The molecule has 0 amide bonds. The van der Waals surface area contributed by atoms with Crippen LogP contribution in [0.25, 0.3) is 5.82 Å². The number of esters is 1. The lowest BCUT2D eigenvalue weighted by Crippen LogP contribution is -2.42. The summed E-state index contributed by atoms with van der Waals surface area (Å²) >= 11 is 0. The molecular weight excluding hydrogens is 466 g/mol. The number of hydrogen-bond donors (Lipinski definition) is 1. The van der Waals surface area contributed by atoms with Gasteiger partial charge in [-0.15, -0.1) is 4.99 Å². The Kier molecular flexibility index (Phi) is 8.74. The number of aliphatic imine (C=N–C) groups is 1. The second-order valence-electron chi connectivity index (χ2n) is 6.99. The minimum Gasteiger partial charge on any atom is -0.494 e. The normalized spacial score (nSPS) is 9.92. The molecule has 3 aromatic heterocycles. The largest absolute Gasteiger partial charge is 0.494 e. The third kappa shape index (κ3) is 6.04. The fraction of sp³-hybridized carbons (Fsp3) is 0.120. The highest BCUT2D eigenvalue weighted by atomic mass is 16.5. The summed E-state index contributed by atoms with van der Waals surface area (Å²) in [5.74, 6) is -1.31. The third-order valence-electron chi connectivity index (χ3n) is 4.67. The highest BCUT2D eigenvalue weighted by Gasteiger charge is 2.26. The number of aromatic hydroxyl groups is 1. The van der Waals surface area contributed by atoms with E-state index in [-0.39, 0.29) is 19.0 Å². The van der Waals surface area contributed by atoms with Crippen molar-refractivity contribution in [3.8, 4) is 11.7 Å². The number of nitrogens with zero attached hydrogens (tertiary/aromatic N) is 5. The Morgan fingerprint density at radius 3 is 2.25 bits per heavy atom. The predicted molar refractivity (Wildman–Crippen MR) is 129 cm³/mol. The van der Waals surface area contributed by atoms with Crippen molar-refractivity contribution >= 4 is 17.9 Å². The molecule has 0 atom stereocenters. The molecule has 11 nitrogen and oxygen atoms in total. The van der Waals surface area contributed by atoms with Gasteiger partial charge in [0.2, 0.25) is 12.0 Å². The van der Waals surface area contributed by atoms with Crippen molar-refractivity contribution in [2.75, 3.05) is 6.61 Å². The molecule has 4 rings (SSSR count). The summed E-state index contributed by atoms with van der Waals surface area (Å²) in [7, 11) is 0. The van der Waals surface area contributed by atoms with Crippen molar-refractivity contribution < 1.29 is 19.4 Å². The van der Waals surface area contributed by atoms with Crippen LogP contribution < -0.4 is 11.2 Å². The number of pyridine rings is 2. The van der Waals surface area contributed by atoms with E-state index >= 15 is 0 Å². The van der Waals surface area contributed by atoms with E-state index in [1.54, 1.807) is 67.7 Å². The molecule has 1 aromatic carbocycles. The lowest BCUT2D eigenvalue weighted by atomic mass is 10.2. The molecule has 36 heavy (non-hydrogen) atoms. The van der Waals surface area contributed by atoms with Gasteiger partial charge in [-0.05, 0) is 36.8 Å². The number of carbonyl (C=O) groups is 1. The average Bonchev–Trinajstić information content (AvgIpc) is 2.89. The van der Waals surface area contributed by atoms with Gasteiger partial charge >= 0.3 is 11.7 Å². The highest BCUT2D eigenvalue weighted by molar-refractivity contribution is 5.91. The summed E-state index contributed by atoms with van der Waals surface area (Å²) in [6.45, 7) is 1.55. The summed E-state index contributed by atoms with van der Waals surface area (Å²) in [6, 6.07) is 18.7. The fourth-order valence-electron chi connectivity index (χ4n) is 3.09. The first-order chi connectivity index (χ1) is 17.5. The van der Waals surface area contributed by atoms with E-state index in [1.165, 1.54) is 18.3 Å². The molecule has 4 aromatic rings. The smallest absolute Gasteiger partial charge is 0.349 e. The van der Waals surface area contributed by atoms with Crippen molar-refractivity contribution in [3.05, 3.63) is 111 Å². The monoisotopic (exact) mass is 487 g/mol. The van der Waals surface area contributed by atoms with Gasteiger partial charge in [-0.1, -0.05) is 42.5 Å². The first-order valence-corrected chi connectivity index (χ1v) is 10.7. The molecule has 0 aliphatic carbocycles. The summed E-state index contributed by atoms with van der Waals surface area (Å²) in [6.07, 6.45) is 4.38. The summed E-state index contributed by atoms with van der Waals surface area (Å²) in [5, 5.41) is 10.5. The maximum absolute atomic E-state index is 12.9. The van der Waals surface area contributed by atoms with Crippen LogP contribution in [0.2, 0.25) is 0 Å². The lowest BCUT2D eigenvalue weighted by molar-refractivity contribution is 0.0518. The Morgan fingerprint density at radius 2 is 1.67 bits per heavy atom. The Hall–Kier alpha value is -5.15. The van der Waals surface area contributed by atoms with E-state index in [4.69, 9.17) is 4.74 Å². The summed E-state index contributed by atoms with van der Waals surface area (Å²) in [5.41, 5.74) is -1.71. The standard InChI is InChI=1S/C19H17N3O5.C6H4N2O/c1-2-27-18(25)15-16(23)21(12-13-8-4-3-5-9-13)19(26)22(17(15)24)14-10-6-7-11-20-14;9-5-8-6-3-1-2-4-7-6/h3-11,23H,2,12H2,1H3;1-4H. The van der Waals surface area contributed by atoms with Crippen molar-refractivity contribution in [3.63, 3.8) is 0 Å². The predicted octanol–water partition coefficient (Wildman–Crippen LogP) is 2.37. The van der Waals surface area contributed by atoms with Crippen molar-refractivity contribution in [2.45, 2.75) is 13.5 Å². The second-order valence-corrected chi connectivity index (χ2v) is 6.99. The molecule has 0 saturated carbocycles. The lowest BCUT2D eigenvalue weighted by Gasteiger charge is -2.15. The van der Waals surface area contributed by atoms with Gasteiger partial charge in [0.1, 0.15) is 5.82 Å². The van der Waals surface area contributed by atoms with E-state index in [0.29, 0.717) is 11.4 Å². The Balaban J connectivity index is 0.000000338. The van der Waals surface area contributed by atoms with E-state index < -0.39 is 28.7 Å². The number of rotatable bonds is 6. The van der Waals surface area contributed by atoms with Crippen molar-refractivity contribution in [1.82, 2.24) is 19.1 Å². The maximum atomic E-state index is 12.9. The van der Waals surface area contributed by atoms with E-state index in [1.807, 2.05) is 6.07 Å². The SMILES string of the molecule is CCOC(=O)c1c(O)n(Cc2ccccc2)c(=O)n(-c2ccccn2)c1=O.O=C=Nc1ccccn1. The second kappa shape index (κ2) is 12.4. The maximum Gasteiger partial charge on any atom is 0.349 e. The molecule has 0 bridgehead atoms. The molecule has 11 heteroatoms. The summed E-state index contributed by atoms with van der Waals surface area (Å²) in [4.78, 5) is 58.6. The first kappa shape index (κ1) is 25.5. The molecule has 0 fully saturated rings. The number of ether oxygens (including phenoxy) is 1. The van der Waals surface area contributed by atoms with Crippen LogP contribution in [0.15, 0.2) is 93.7 Å². The van der Waals surface area contributed by atoms with E-state index in [0.717, 1.165) is 9.13 Å². The number of isocyanates is 1. The Morgan fingerprint density at radius 1 is 1.00 bits per heavy atom. The minimum absolute atomic E-state index is 0.0130. The van der Waals surface area contributed by atoms with E-state index in [9.17, 15) is 24.3 Å². The number of hydrogen-bond acceptors (Lipinski definition) is 9. The molecule has 1 N–H and O–H groups in total. The topological polar surface area (TPSA) is 146 Å².